The summed E-state index contributed by atoms with van der Waals surface area (Å²) >= 11 is 1.73. The fourth-order valence-corrected chi connectivity index (χ4v) is 4.31. The van der Waals surface area contributed by atoms with Crippen LogP contribution in [-0.2, 0) is 5.54 Å². The summed E-state index contributed by atoms with van der Waals surface area (Å²) < 4.78 is 0. The first kappa shape index (κ1) is 14.7. The molecule has 1 heterocycles. The Morgan fingerprint density at radius 1 is 1.29 bits per heavy atom. The van der Waals surface area contributed by atoms with Gasteiger partial charge in [-0.25, -0.2) is 4.98 Å². The van der Waals surface area contributed by atoms with Crippen LogP contribution >= 0.6 is 11.3 Å². The summed E-state index contributed by atoms with van der Waals surface area (Å²) in [6.07, 6.45) is 4.65. The smallest absolute Gasteiger partial charge is 0.113 e. The second-order valence-corrected chi connectivity index (χ2v) is 7.55. The predicted octanol–water partition coefficient (Wildman–Crippen LogP) is 4.79. The molecule has 1 aromatic heterocycles. The quantitative estimate of drug-likeness (QED) is 0.866. The Balaban J connectivity index is 1.90. The van der Waals surface area contributed by atoms with Gasteiger partial charge in [-0.1, -0.05) is 31.9 Å². The van der Waals surface area contributed by atoms with Gasteiger partial charge in [0.2, 0.25) is 0 Å². The van der Waals surface area contributed by atoms with Crippen LogP contribution in [-0.4, -0.2) is 4.98 Å². The highest BCUT2D eigenvalue weighted by atomic mass is 32.1. The second kappa shape index (κ2) is 5.54. The average molecular weight is 300 g/mol. The zero-order chi connectivity index (χ0) is 15.0. The van der Waals surface area contributed by atoms with Gasteiger partial charge in [0.15, 0.2) is 0 Å². The number of thiazole rings is 1. The maximum atomic E-state index is 6.66. The highest BCUT2D eigenvalue weighted by Gasteiger charge is 2.35. The van der Waals surface area contributed by atoms with Gasteiger partial charge in [0.25, 0.3) is 0 Å². The average Bonchev–Trinajstić information content (AvgIpc) is 2.92. The molecule has 1 saturated carbocycles. The standard InChI is InChI=1S/C18H24N2S/c1-12-5-4-8-18(19,10-12)17-20-16(11-21-17)15-7-6-13(2)14(3)9-15/h6-7,9,11-12H,4-5,8,10,19H2,1-3H3. The van der Waals surface area contributed by atoms with Crippen molar-refractivity contribution in [2.75, 3.05) is 0 Å². The van der Waals surface area contributed by atoms with Crippen molar-refractivity contribution >= 4 is 11.3 Å². The SMILES string of the molecule is Cc1ccc(-c2csc(C3(N)CCCC(C)C3)n2)cc1C. The van der Waals surface area contributed by atoms with Crippen LogP contribution in [0.4, 0.5) is 0 Å². The summed E-state index contributed by atoms with van der Waals surface area (Å²) in [6, 6.07) is 6.55. The van der Waals surface area contributed by atoms with Crippen molar-refractivity contribution in [3.63, 3.8) is 0 Å². The lowest BCUT2D eigenvalue weighted by Gasteiger charge is -2.35. The molecule has 0 bridgehead atoms. The molecule has 2 N–H and O–H groups in total. The number of benzene rings is 1. The number of hydrogen-bond donors (Lipinski definition) is 1. The molecule has 112 valence electrons. The molecule has 21 heavy (non-hydrogen) atoms. The van der Waals surface area contributed by atoms with E-state index >= 15 is 0 Å². The molecule has 1 aliphatic rings. The van der Waals surface area contributed by atoms with Gasteiger partial charge in [0.1, 0.15) is 5.01 Å². The molecule has 2 nitrogen and oxygen atoms in total. The Morgan fingerprint density at radius 3 is 2.81 bits per heavy atom. The van der Waals surface area contributed by atoms with E-state index in [9.17, 15) is 0 Å². The van der Waals surface area contributed by atoms with E-state index in [-0.39, 0.29) is 5.54 Å². The lowest BCUT2D eigenvalue weighted by Crippen LogP contribution is -2.40. The normalized spacial score (nSPS) is 26.0. The van der Waals surface area contributed by atoms with Gasteiger partial charge in [-0.15, -0.1) is 11.3 Å². The molecule has 3 rings (SSSR count). The van der Waals surface area contributed by atoms with Crippen molar-refractivity contribution in [3.05, 3.63) is 39.7 Å². The van der Waals surface area contributed by atoms with Gasteiger partial charge in [0.05, 0.1) is 11.2 Å². The third kappa shape index (κ3) is 2.90. The van der Waals surface area contributed by atoms with E-state index in [0.717, 1.165) is 23.5 Å². The van der Waals surface area contributed by atoms with E-state index in [4.69, 9.17) is 10.7 Å². The summed E-state index contributed by atoms with van der Waals surface area (Å²) in [7, 11) is 0. The minimum atomic E-state index is -0.208. The van der Waals surface area contributed by atoms with Gasteiger partial charge < -0.3 is 5.73 Å². The monoisotopic (exact) mass is 300 g/mol. The Bertz CT molecular complexity index is 646. The molecular weight excluding hydrogens is 276 g/mol. The minimum Gasteiger partial charge on any atom is -0.319 e. The van der Waals surface area contributed by atoms with Gasteiger partial charge in [-0.05, 0) is 49.8 Å². The molecule has 0 saturated heterocycles. The van der Waals surface area contributed by atoms with Gasteiger partial charge in [-0.2, -0.15) is 0 Å². The molecule has 3 heteroatoms. The molecule has 0 spiro atoms. The van der Waals surface area contributed by atoms with Crippen LogP contribution in [0.1, 0.15) is 48.7 Å². The lowest BCUT2D eigenvalue weighted by molar-refractivity contribution is 0.238. The van der Waals surface area contributed by atoms with Crippen molar-refractivity contribution in [1.82, 2.24) is 4.98 Å². The number of rotatable bonds is 2. The Hall–Kier alpha value is -1.19. The highest BCUT2D eigenvalue weighted by molar-refractivity contribution is 7.10. The fourth-order valence-electron chi connectivity index (χ4n) is 3.32. The zero-order valence-electron chi connectivity index (χ0n) is 13.1. The maximum Gasteiger partial charge on any atom is 0.113 e. The van der Waals surface area contributed by atoms with E-state index in [1.54, 1.807) is 11.3 Å². The molecule has 0 aliphatic heterocycles. The van der Waals surface area contributed by atoms with Crippen LogP contribution < -0.4 is 5.73 Å². The summed E-state index contributed by atoms with van der Waals surface area (Å²) in [4.78, 5) is 4.87. The van der Waals surface area contributed by atoms with Crippen molar-refractivity contribution < 1.29 is 0 Å². The van der Waals surface area contributed by atoms with Crippen LogP contribution in [0.5, 0.6) is 0 Å². The maximum absolute atomic E-state index is 6.66. The number of nitrogens with two attached hydrogens (primary N) is 1. The minimum absolute atomic E-state index is 0.208. The van der Waals surface area contributed by atoms with Crippen molar-refractivity contribution in [3.8, 4) is 11.3 Å². The highest BCUT2D eigenvalue weighted by Crippen LogP contribution is 2.40. The largest absolute Gasteiger partial charge is 0.319 e. The first-order valence-corrected chi connectivity index (χ1v) is 8.68. The first-order chi connectivity index (χ1) is 9.98. The molecule has 1 fully saturated rings. The van der Waals surface area contributed by atoms with E-state index in [0.29, 0.717) is 5.92 Å². The summed E-state index contributed by atoms with van der Waals surface area (Å²) in [5, 5.41) is 3.27. The fraction of sp³-hybridized carbons (Fsp3) is 0.500. The summed E-state index contributed by atoms with van der Waals surface area (Å²) in [6.45, 7) is 6.60. The second-order valence-electron chi connectivity index (χ2n) is 6.69. The zero-order valence-corrected chi connectivity index (χ0v) is 14.0. The number of aryl methyl sites for hydroxylation is 2. The number of aromatic nitrogens is 1. The van der Waals surface area contributed by atoms with E-state index < -0.39 is 0 Å². The molecular formula is C18H24N2S. The van der Waals surface area contributed by atoms with Gasteiger partial charge in [-0.3, -0.25) is 0 Å². The Kier molecular flexibility index (Phi) is 3.89. The number of nitrogens with zero attached hydrogens (tertiary/aromatic N) is 1. The van der Waals surface area contributed by atoms with Crippen molar-refractivity contribution in [1.29, 1.82) is 0 Å². The van der Waals surface area contributed by atoms with E-state index in [2.05, 4.69) is 44.4 Å². The van der Waals surface area contributed by atoms with E-state index in [1.807, 2.05) is 0 Å². The van der Waals surface area contributed by atoms with Crippen molar-refractivity contribution in [2.24, 2.45) is 11.7 Å². The predicted molar refractivity (Wildman–Crippen MR) is 90.5 cm³/mol. The van der Waals surface area contributed by atoms with Crippen LogP contribution in [0, 0.1) is 19.8 Å². The van der Waals surface area contributed by atoms with Gasteiger partial charge >= 0.3 is 0 Å². The molecule has 1 aromatic carbocycles. The molecule has 2 aromatic rings. The van der Waals surface area contributed by atoms with Crippen LogP contribution in [0.2, 0.25) is 0 Å². The summed E-state index contributed by atoms with van der Waals surface area (Å²) in [5.41, 5.74) is 11.4. The van der Waals surface area contributed by atoms with Crippen LogP contribution in [0.25, 0.3) is 11.3 Å². The van der Waals surface area contributed by atoms with Gasteiger partial charge in [0, 0.05) is 10.9 Å². The molecule has 1 aliphatic carbocycles. The molecule has 2 atom stereocenters. The number of hydrogen-bond acceptors (Lipinski definition) is 3. The summed E-state index contributed by atoms with van der Waals surface area (Å²) in [5.74, 6) is 0.706. The molecule has 0 radical (unpaired) electrons. The third-order valence-corrected chi connectivity index (χ3v) is 5.83. The van der Waals surface area contributed by atoms with Crippen molar-refractivity contribution in [2.45, 2.75) is 52.0 Å². The first-order valence-electron chi connectivity index (χ1n) is 7.80. The Labute approximate surface area is 131 Å². The third-order valence-electron chi connectivity index (χ3n) is 4.77. The molecule has 2 unspecified atom stereocenters. The van der Waals surface area contributed by atoms with Crippen LogP contribution in [0.3, 0.4) is 0 Å². The Morgan fingerprint density at radius 2 is 2.10 bits per heavy atom. The lowest BCUT2D eigenvalue weighted by atomic mass is 9.77. The van der Waals surface area contributed by atoms with Crippen LogP contribution in [0.15, 0.2) is 23.6 Å². The van der Waals surface area contributed by atoms with E-state index in [1.165, 1.54) is 29.5 Å². The molecule has 0 amide bonds. The topological polar surface area (TPSA) is 38.9 Å².